The molecule has 0 aromatic carbocycles. The molecule has 0 aliphatic heterocycles. The summed E-state index contributed by atoms with van der Waals surface area (Å²) in [5.74, 6) is 1.17. The van der Waals surface area contributed by atoms with Gasteiger partial charge in [0.25, 0.3) is 0 Å². The molecule has 1 aromatic heterocycles. The monoisotopic (exact) mass is 211 g/mol. The smallest absolute Gasteiger partial charge is 0.226 e. The van der Waals surface area contributed by atoms with Crippen LogP contribution in [0.2, 0.25) is 0 Å². The van der Waals surface area contributed by atoms with Crippen molar-refractivity contribution in [3.05, 3.63) is 12.3 Å². The van der Waals surface area contributed by atoms with Gasteiger partial charge in [-0.2, -0.15) is 4.98 Å². The van der Waals surface area contributed by atoms with Crippen molar-refractivity contribution in [1.82, 2.24) is 9.97 Å². The molecule has 5 nitrogen and oxygen atoms in total. The van der Waals surface area contributed by atoms with Crippen LogP contribution in [0.25, 0.3) is 0 Å². The third kappa shape index (κ3) is 4.60. The van der Waals surface area contributed by atoms with Crippen molar-refractivity contribution in [2.45, 2.75) is 13.3 Å². The summed E-state index contributed by atoms with van der Waals surface area (Å²) < 4.78 is 10.3. The summed E-state index contributed by atoms with van der Waals surface area (Å²) in [6, 6.07) is 1.75. The van der Waals surface area contributed by atoms with Gasteiger partial charge in [-0.1, -0.05) is 6.92 Å². The molecule has 0 saturated heterocycles. The Morgan fingerprint density at radius 3 is 3.00 bits per heavy atom. The largest absolute Gasteiger partial charge is 0.478 e. The molecule has 1 heterocycles. The first-order valence-corrected chi connectivity index (χ1v) is 5.05. The quantitative estimate of drug-likeness (QED) is 0.689. The highest BCUT2D eigenvalue weighted by atomic mass is 16.5. The van der Waals surface area contributed by atoms with E-state index in [4.69, 9.17) is 9.47 Å². The lowest BCUT2D eigenvalue weighted by Crippen LogP contribution is -2.10. The van der Waals surface area contributed by atoms with Crippen molar-refractivity contribution in [3.8, 4) is 5.88 Å². The third-order valence-corrected chi connectivity index (χ3v) is 1.67. The molecule has 1 rings (SSSR count). The molecule has 0 fully saturated rings. The molecule has 0 spiro atoms. The molecule has 0 radical (unpaired) electrons. The topological polar surface area (TPSA) is 56.3 Å². The van der Waals surface area contributed by atoms with Crippen LogP contribution in [0.5, 0.6) is 5.88 Å². The van der Waals surface area contributed by atoms with Gasteiger partial charge in [0.1, 0.15) is 0 Å². The molecule has 0 bridgehead atoms. The molecule has 0 amide bonds. The van der Waals surface area contributed by atoms with E-state index < -0.39 is 0 Å². The predicted octanol–water partition coefficient (Wildman–Crippen LogP) is 1.32. The first kappa shape index (κ1) is 11.7. The van der Waals surface area contributed by atoms with Gasteiger partial charge in [0, 0.05) is 25.9 Å². The Bertz CT molecular complexity index is 281. The molecule has 84 valence electrons. The summed E-state index contributed by atoms with van der Waals surface area (Å²) >= 11 is 0. The van der Waals surface area contributed by atoms with E-state index in [9.17, 15) is 0 Å². The van der Waals surface area contributed by atoms with Crippen molar-refractivity contribution < 1.29 is 9.47 Å². The molecular formula is C10H17N3O2. The van der Waals surface area contributed by atoms with Crippen LogP contribution in [0.15, 0.2) is 12.3 Å². The number of methoxy groups -OCH3 is 1. The van der Waals surface area contributed by atoms with Gasteiger partial charge in [-0.25, -0.2) is 4.98 Å². The highest BCUT2D eigenvalue weighted by Gasteiger charge is 1.98. The summed E-state index contributed by atoms with van der Waals surface area (Å²) in [5.41, 5.74) is 0. The normalized spacial score (nSPS) is 10.0. The summed E-state index contributed by atoms with van der Waals surface area (Å²) in [4.78, 5) is 8.24. The van der Waals surface area contributed by atoms with Crippen LogP contribution in [0.3, 0.4) is 0 Å². The van der Waals surface area contributed by atoms with Crippen molar-refractivity contribution in [3.63, 3.8) is 0 Å². The first-order valence-electron chi connectivity index (χ1n) is 5.05. The van der Waals surface area contributed by atoms with Crippen LogP contribution in [-0.4, -0.2) is 36.8 Å². The third-order valence-electron chi connectivity index (χ3n) is 1.67. The van der Waals surface area contributed by atoms with Crippen molar-refractivity contribution in [2.75, 3.05) is 32.2 Å². The second kappa shape index (κ2) is 7.00. The summed E-state index contributed by atoms with van der Waals surface area (Å²) in [7, 11) is 1.66. The fourth-order valence-corrected chi connectivity index (χ4v) is 0.979. The van der Waals surface area contributed by atoms with Crippen molar-refractivity contribution in [1.29, 1.82) is 0 Å². The van der Waals surface area contributed by atoms with E-state index in [0.717, 1.165) is 6.42 Å². The number of anilines is 1. The number of nitrogens with one attached hydrogen (secondary N) is 1. The Labute approximate surface area is 89.8 Å². The number of aromatic nitrogens is 2. The second-order valence-electron chi connectivity index (χ2n) is 2.99. The Hall–Kier alpha value is -1.36. The van der Waals surface area contributed by atoms with E-state index in [1.54, 1.807) is 19.4 Å². The fourth-order valence-electron chi connectivity index (χ4n) is 0.979. The van der Waals surface area contributed by atoms with Crippen LogP contribution in [0, 0.1) is 0 Å². The Kier molecular flexibility index (Phi) is 5.47. The lowest BCUT2D eigenvalue weighted by Gasteiger charge is -2.06. The van der Waals surface area contributed by atoms with Crippen LogP contribution in [0.4, 0.5) is 5.95 Å². The SMILES string of the molecule is CCCOc1ccnc(NCCOC)n1. The summed E-state index contributed by atoms with van der Waals surface area (Å²) in [6.07, 6.45) is 2.64. The minimum Gasteiger partial charge on any atom is -0.478 e. The zero-order valence-corrected chi connectivity index (χ0v) is 9.19. The fraction of sp³-hybridized carbons (Fsp3) is 0.600. The van der Waals surface area contributed by atoms with Crippen LogP contribution >= 0.6 is 0 Å². The standard InChI is InChI=1S/C10H17N3O2/c1-3-7-15-9-4-5-11-10(13-9)12-6-8-14-2/h4-5H,3,6-8H2,1-2H3,(H,11,12,13). The van der Waals surface area contributed by atoms with Crippen LogP contribution in [-0.2, 0) is 4.74 Å². The molecule has 0 unspecified atom stereocenters. The molecular weight excluding hydrogens is 194 g/mol. The number of ether oxygens (including phenoxy) is 2. The zero-order chi connectivity index (χ0) is 10.9. The summed E-state index contributed by atoms with van der Waals surface area (Å²) in [5, 5.41) is 3.04. The van der Waals surface area contributed by atoms with E-state index in [-0.39, 0.29) is 0 Å². The Morgan fingerprint density at radius 1 is 1.40 bits per heavy atom. The number of hydrogen-bond donors (Lipinski definition) is 1. The van der Waals surface area contributed by atoms with E-state index in [2.05, 4.69) is 22.2 Å². The van der Waals surface area contributed by atoms with E-state index in [1.165, 1.54) is 0 Å². The minimum absolute atomic E-state index is 0.570. The molecule has 5 heteroatoms. The lowest BCUT2D eigenvalue weighted by molar-refractivity contribution is 0.210. The van der Waals surface area contributed by atoms with Gasteiger partial charge in [0.15, 0.2) is 0 Å². The molecule has 1 N–H and O–H groups in total. The van der Waals surface area contributed by atoms with Gasteiger partial charge in [-0.05, 0) is 6.42 Å². The molecule has 0 saturated carbocycles. The zero-order valence-electron chi connectivity index (χ0n) is 9.19. The lowest BCUT2D eigenvalue weighted by atomic mass is 10.5. The van der Waals surface area contributed by atoms with E-state index >= 15 is 0 Å². The molecule has 0 aliphatic rings. The van der Waals surface area contributed by atoms with Crippen LogP contribution in [0.1, 0.15) is 13.3 Å². The second-order valence-corrected chi connectivity index (χ2v) is 2.99. The number of nitrogens with zero attached hydrogens (tertiary/aromatic N) is 2. The van der Waals surface area contributed by atoms with Gasteiger partial charge in [-0.3, -0.25) is 0 Å². The van der Waals surface area contributed by atoms with E-state index in [0.29, 0.717) is 31.6 Å². The summed E-state index contributed by atoms with van der Waals surface area (Å²) in [6.45, 7) is 4.05. The Morgan fingerprint density at radius 2 is 2.27 bits per heavy atom. The highest BCUT2D eigenvalue weighted by Crippen LogP contribution is 2.07. The molecule has 0 aliphatic carbocycles. The molecule has 0 atom stereocenters. The Balaban J connectivity index is 2.42. The molecule has 1 aromatic rings. The van der Waals surface area contributed by atoms with Gasteiger partial charge >= 0.3 is 0 Å². The highest BCUT2D eigenvalue weighted by molar-refractivity contribution is 5.27. The van der Waals surface area contributed by atoms with Gasteiger partial charge in [-0.15, -0.1) is 0 Å². The van der Waals surface area contributed by atoms with Crippen molar-refractivity contribution in [2.24, 2.45) is 0 Å². The van der Waals surface area contributed by atoms with E-state index in [1.807, 2.05) is 0 Å². The number of rotatable bonds is 7. The minimum atomic E-state index is 0.570. The van der Waals surface area contributed by atoms with Gasteiger partial charge in [0.2, 0.25) is 11.8 Å². The first-order chi connectivity index (χ1) is 7.36. The maximum atomic E-state index is 5.38. The average molecular weight is 211 g/mol. The maximum absolute atomic E-state index is 5.38. The molecule has 15 heavy (non-hydrogen) atoms. The van der Waals surface area contributed by atoms with Gasteiger partial charge < -0.3 is 14.8 Å². The number of hydrogen-bond acceptors (Lipinski definition) is 5. The average Bonchev–Trinajstić information content (AvgIpc) is 2.27. The van der Waals surface area contributed by atoms with Crippen LogP contribution < -0.4 is 10.1 Å². The van der Waals surface area contributed by atoms with Gasteiger partial charge in [0.05, 0.1) is 13.2 Å². The van der Waals surface area contributed by atoms with Crippen molar-refractivity contribution >= 4 is 5.95 Å². The predicted molar refractivity (Wildman–Crippen MR) is 58.2 cm³/mol. The maximum Gasteiger partial charge on any atom is 0.226 e.